The number of amides is 1. The van der Waals surface area contributed by atoms with Crippen LogP contribution in [-0.4, -0.2) is 32.1 Å². The van der Waals surface area contributed by atoms with E-state index in [1.807, 2.05) is 0 Å². The molecule has 1 amide bonds. The standard InChI is InChI=1S/C14H9N5O5S/c1-6-12(20)18-14(16-15-6)25-11(17-18)8-5-7-3-2-4-9(19(22)23)10(7)24-13(8)21/h2-6,15H,1H3. The predicted octanol–water partition coefficient (Wildman–Crippen LogP) is 1.20. The zero-order valence-corrected chi connectivity index (χ0v) is 13.4. The first-order chi connectivity index (χ1) is 12.0. The lowest BCUT2D eigenvalue weighted by molar-refractivity contribution is -0.383. The minimum absolute atomic E-state index is 0.105. The molecule has 0 saturated carbocycles. The first-order valence-electron chi connectivity index (χ1n) is 7.11. The van der Waals surface area contributed by atoms with Crippen molar-refractivity contribution in [2.75, 3.05) is 0 Å². The summed E-state index contributed by atoms with van der Waals surface area (Å²) in [7, 11) is 0. The summed E-state index contributed by atoms with van der Waals surface area (Å²) in [5.41, 5.74) is 1.60. The first-order valence-corrected chi connectivity index (χ1v) is 7.92. The average Bonchev–Trinajstić information content (AvgIpc) is 3.01. The van der Waals surface area contributed by atoms with E-state index in [-0.39, 0.29) is 27.8 Å². The number of carbonyl (C=O) groups excluding carboxylic acids is 1. The molecule has 1 unspecified atom stereocenters. The Hall–Kier alpha value is -3.21. The first kappa shape index (κ1) is 15.3. The Morgan fingerprint density at radius 1 is 1.40 bits per heavy atom. The van der Waals surface area contributed by atoms with Crippen LogP contribution in [0.15, 0.2) is 43.7 Å². The van der Waals surface area contributed by atoms with Crippen molar-refractivity contribution in [1.29, 1.82) is 0 Å². The third-order valence-electron chi connectivity index (χ3n) is 3.66. The molecule has 2 aliphatic heterocycles. The molecule has 0 aliphatic carbocycles. The van der Waals surface area contributed by atoms with Crippen molar-refractivity contribution in [3.8, 4) is 0 Å². The SMILES string of the molecule is CC1NN=C2SC(c3cc4cccc([N+](=O)[O-])c4oc3=O)=NN2C1=O. The average molecular weight is 359 g/mol. The zero-order valence-electron chi connectivity index (χ0n) is 12.6. The van der Waals surface area contributed by atoms with E-state index in [0.29, 0.717) is 10.6 Å². The predicted molar refractivity (Wildman–Crippen MR) is 90.1 cm³/mol. The Kier molecular flexibility index (Phi) is 3.32. The molecule has 1 atom stereocenters. The molecule has 0 radical (unpaired) electrons. The number of nitrogens with zero attached hydrogens (tertiary/aromatic N) is 4. The number of hydrogen-bond acceptors (Lipinski definition) is 9. The van der Waals surface area contributed by atoms with Crippen molar-refractivity contribution in [2.24, 2.45) is 10.2 Å². The van der Waals surface area contributed by atoms with Crippen LogP contribution in [0.1, 0.15) is 12.5 Å². The number of hydrogen-bond donors (Lipinski definition) is 1. The summed E-state index contributed by atoms with van der Waals surface area (Å²) in [6, 6.07) is 5.28. The zero-order chi connectivity index (χ0) is 17.7. The van der Waals surface area contributed by atoms with Crippen molar-refractivity contribution in [3.05, 3.63) is 50.4 Å². The second-order valence-corrected chi connectivity index (χ2v) is 6.26. The number of hydrazone groups is 2. The van der Waals surface area contributed by atoms with Gasteiger partial charge in [0.15, 0.2) is 0 Å². The Bertz CT molecular complexity index is 1060. The molecule has 1 N–H and O–H groups in total. The lowest BCUT2D eigenvalue weighted by Crippen LogP contribution is -2.46. The Morgan fingerprint density at radius 3 is 2.96 bits per heavy atom. The smallest absolute Gasteiger partial charge is 0.346 e. The van der Waals surface area contributed by atoms with Gasteiger partial charge in [-0.25, -0.2) is 4.79 Å². The summed E-state index contributed by atoms with van der Waals surface area (Å²) in [5, 5.41) is 21.3. The van der Waals surface area contributed by atoms with Crippen LogP contribution in [0, 0.1) is 10.1 Å². The molecule has 25 heavy (non-hydrogen) atoms. The molecular formula is C14H9N5O5S. The molecule has 2 aromatic rings. The van der Waals surface area contributed by atoms with E-state index >= 15 is 0 Å². The van der Waals surface area contributed by atoms with Gasteiger partial charge in [-0.15, -0.1) is 0 Å². The number of fused-ring (bicyclic) bond motifs is 2. The molecule has 4 rings (SSSR count). The van der Waals surface area contributed by atoms with Gasteiger partial charge in [-0.05, 0) is 24.8 Å². The third-order valence-corrected chi connectivity index (χ3v) is 4.60. The lowest BCUT2D eigenvalue weighted by atomic mass is 10.1. The molecule has 10 nitrogen and oxygen atoms in total. The van der Waals surface area contributed by atoms with E-state index in [0.717, 1.165) is 16.8 Å². The Balaban J connectivity index is 1.84. The molecule has 11 heteroatoms. The number of rotatable bonds is 2. The second-order valence-electron chi connectivity index (χ2n) is 5.30. The molecule has 2 aliphatic rings. The summed E-state index contributed by atoms with van der Waals surface area (Å²) in [4.78, 5) is 34.8. The van der Waals surface area contributed by atoms with E-state index in [4.69, 9.17) is 4.42 Å². The fourth-order valence-electron chi connectivity index (χ4n) is 2.42. The molecular weight excluding hydrogens is 350 g/mol. The number of non-ortho nitro benzene ring substituents is 1. The maximum absolute atomic E-state index is 12.3. The highest BCUT2D eigenvalue weighted by Gasteiger charge is 2.36. The maximum atomic E-state index is 12.3. The van der Waals surface area contributed by atoms with Crippen LogP contribution in [0.3, 0.4) is 0 Å². The van der Waals surface area contributed by atoms with Gasteiger partial charge in [-0.1, -0.05) is 12.1 Å². The monoisotopic (exact) mass is 359 g/mol. The van der Waals surface area contributed by atoms with Gasteiger partial charge < -0.3 is 4.42 Å². The number of carbonyl (C=O) groups is 1. The summed E-state index contributed by atoms with van der Waals surface area (Å²) >= 11 is 1.04. The summed E-state index contributed by atoms with van der Waals surface area (Å²) < 4.78 is 5.15. The Morgan fingerprint density at radius 2 is 2.20 bits per heavy atom. The van der Waals surface area contributed by atoms with Crippen molar-refractivity contribution < 1.29 is 14.1 Å². The van der Waals surface area contributed by atoms with Crippen LogP contribution in [0.5, 0.6) is 0 Å². The molecule has 3 heterocycles. The van der Waals surface area contributed by atoms with Gasteiger partial charge in [0.2, 0.25) is 10.8 Å². The van der Waals surface area contributed by atoms with Gasteiger partial charge in [-0.3, -0.25) is 20.3 Å². The van der Waals surface area contributed by atoms with E-state index in [2.05, 4.69) is 15.6 Å². The lowest BCUT2D eigenvalue weighted by Gasteiger charge is -2.21. The van der Waals surface area contributed by atoms with Crippen molar-refractivity contribution in [2.45, 2.75) is 13.0 Å². The van der Waals surface area contributed by atoms with Gasteiger partial charge >= 0.3 is 11.3 Å². The fourth-order valence-corrected chi connectivity index (χ4v) is 3.28. The summed E-state index contributed by atoms with van der Waals surface area (Å²) in [6.45, 7) is 1.64. The second kappa shape index (κ2) is 5.41. The van der Waals surface area contributed by atoms with Crippen LogP contribution in [0.4, 0.5) is 5.69 Å². The highest BCUT2D eigenvalue weighted by Crippen LogP contribution is 2.29. The van der Waals surface area contributed by atoms with E-state index < -0.39 is 16.6 Å². The van der Waals surface area contributed by atoms with Crippen LogP contribution in [0.2, 0.25) is 0 Å². The van der Waals surface area contributed by atoms with Crippen LogP contribution < -0.4 is 11.1 Å². The third kappa shape index (κ3) is 2.36. The van der Waals surface area contributed by atoms with E-state index in [1.165, 1.54) is 18.2 Å². The largest absolute Gasteiger partial charge is 0.415 e. The van der Waals surface area contributed by atoms with Crippen LogP contribution >= 0.6 is 11.8 Å². The van der Waals surface area contributed by atoms with Gasteiger partial charge in [0, 0.05) is 11.5 Å². The van der Waals surface area contributed by atoms with Crippen molar-refractivity contribution >= 4 is 44.5 Å². The number of benzene rings is 1. The van der Waals surface area contributed by atoms with Gasteiger partial charge in [-0.2, -0.15) is 15.2 Å². The number of nitrogens with one attached hydrogen (secondary N) is 1. The molecule has 126 valence electrons. The van der Waals surface area contributed by atoms with Gasteiger partial charge in [0.1, 0.15) is 11.1 Å². The number of nitro groups is 1. The molecule has 1 aromatic heterocycles. The molecule has 0 saturated heterocycles. The summed E-state index contributed by atoms with van der Waals surface area (Å²) in [5.74, 6) is -0.298. The van der Waals surface area contributed by atoms with Gasteiger partial charge in [0.25, 0.3) is 5.91 Å². The van der Waals surface area contributed by atoms with Gasteiger partial charge in [0.05, 0.1) is 10.5 Å². The summed E-state index contributed by atoms with van der Waals surface area (Å²) in [6.07, 6.45) is 0. The van der Waals surface area contributed by atoms with Crippen LogP contribution in [-0.2, 0) is 4.79 Å². The topological polar surface area (TPSA) is 130 Å². The highest BCUT2D eigenvalue weighted by molar-refractivity contribution is 8.27. The molecule has 1 aromatic carbocycles. The van der Waals surface area contributed by atoms with Crippen molar-refractivity contribution in [1.82, 2.24) is 10.4 Å². The maximum Gasteiger partial charge on any atom is 0.346 e. The number of thioether (sulfide) groups is 1. The van der Waals surface area contributed by atoms with E-state index in [9.17, 15) is 19.7 Å². The van der Waals surface area contributed by atoms with Crippen LogP contribution in [0.25, 0.3) is 11.0 Å². The minimum atomic E-state index is -0.776. The normalized spacial score (nSPS) is 19.3. The molecule has 0 spiro atoms. The number of para-hydroxylation sites is 1. The molecule has 0 fully saturated rings. The number of amidine groups is 1. The number of nitro benzene ring substituents is 1. The van der Waals surface area contributed by atoms with E-state index in [1.54, 1.807) is 13.0 Å². The fraction of sp³-hybridized carbons (Fsp3) is 0.143. The van der Waals surface area contributed by atoms with Crippen molar-refractivity contribution in [3.63, 3.8) is 0 Å². The quantitative estimate of drug-likeness (QED) is 0.484. The highest BCUT2D eigenvalue weighted by atomic mass is 32.2. The molecule has 0 bridgehead atoms. The minimum Gasteiger partial charge on any atom is -0.415 e. The Labute approximate surface area is 143 Å².